The van der Waals surface area contributed by atoms with Crippen molar-refractivity contribution in [3.8, 4) is 0 Å². The topological polar surface area (TPSA) is 73.8 Å². The highest BCUT2D eigenvalue weighted by Crippen LogP contribution is 2.33. The number of sulfonamides is 1. The molecule has 0 atom stereocenters. The highest BCUT2D eigenvalue weighted by molar-refractivity contribution is 7.92. The van der Waals surface area contributed by atoms with Crippen molar-refractivity contribution < 1.29 is 17.6 Å². The molecule has 184 valence electrons. The van der Waals surface area contributed by atoms with Crippen LogP contribution in [0.5, 0.6) is 0 Å². The van der Waals surface area contributed by atoms with Gasteiger partial charge in [-0.2, -0.15) is 0 Å². The SMILES string of the molecule is O=C(c1ccc(S(=O)(=O)N2CCc3ccccc32)cc1)N1CCN(c2nc3c(F)cccc3s2)CC1. The molecule has 1 fully saturated rings. The standard InChI is InChI=1S/C26H23FN4O3S2/c27-21-5-3-7-23-24(21)28-26(35-23)30-16-14-29(15-17-30)25(32)19-8-10-20(11-9-19)36(33,34)31-13-12-18-4-1-2-6-22(18)31/h1-11H,12-17H2. The van der Waals surface area contributed by atoms with Gasteiger partial charge in [0.2, 0.25) is 0 Å². The fraction of sp³-hybridized carbons (Fsp3) is 0.231. The number of thiazole rings is 1. The average molecular weight is 523 g/mol. The van der Waals surface area contributed by atoms with Crippen molar-refractivity contribution in [3.63, 3.8) is 0 Å². The number of anilines is 2. The minimum atomic E-state index is -3.70. The molecule has 0 N–H and O–H groups in total. The summed E-state index contributed by atoms with van der Waals surface area (Å²) in [5.74, 6) is -0.469. The molecule has 7 nitrogen and oxygen atoms in total. The fourth-order valence-corrected chi connectivity index (χ4v) is 7.31. The van der Waals surface area contributed by atoms with E-state index < -0.39 is 10.0 Å². The van der Waals surface area contributed by atoms with Crippen molar-refractivity contribution in [2.45, 2.75) is 11.3 Å². The van der Waals surface area contributed by atoms with Gasteiger partial charge in [0.25, 0.3) is 15.9 Å². The number of piperazine rings is 1. The van der Waals surface area contributed by atoms with E-state index in [1.807, 2.05) is 30.3 Å². The summed E-state index contributed by atoms with van der Waals surface area (Å²) in [6.07, 6.45) is 0.684. The minimum Gasteiger partial charge on any atom is -0.345 e. The van der Waals surface area contributed by atoms with Gasteiger partial charge in [-0.15, -0.1) is 0 Å². The smallest absolute Gasteiger partial charge is 0.264 e. The zero-order valence-corrected chi connectivity index (χ0v) is 20.9. The van der Waals surface area contributed by atoms with Gasteiger partial charge in [0.1, 0.15) is 11.3 Å². The normalized spacial score (nSPS) is 16.0. The fourth-order valence-electron chi connectivity index (χ4n) is 4.78. The van der Waals surface area contributed by atoms with Crippen LogP contribution in [0.3, 0.4) is 0 Å². The Labute approximate surface area is 212 Å². The predicted molar refractivity (Wildman–Crippen MR) is 139 cm³/mol. The van der Waals surface area contributed by atoms with E-state index >= 15 is 0 Å². The van der Waals surface area contributed by atoms with Gasteiger partial charge in [-0.1, -0.05) is 35.6 Å². The number of para-hydroxylation sites is 2. The molecule has 1 saturated heterocycles. The van der Waals surface area contributed by atoms with E-state index in [-0.39, 0.29) is 16.6 Å². The lowest BCUT2D eigenvalue weighted by Crippen LogP contribution is -2.48. The molecule has 1 amide bonds. The van der Waals surface area contributed by atoms with Gasteiger partial charge in [0, 0.05) is 38.3 Å². The summed E-state index contributed by atoms with van der Waals surface area (Å²) in [4.78, 5) is 21.5. The molecular formula is C26H23FN4O3S2. The largest absolute Gasteiger partial charge is 0.345 e. The number of carbonyl (C=O) groups is 1. The zero-order chi connectivity index (χ0) is 24.9. The van der Waals surface area contributed by atoms with Crippen LogP contribution >= 0.6 is 11.3 Å². The predicted octanol–water partition coefficient (Wildman–Crippen LogP) is 4.15. The van der Waals surface area contributed by atoms with Gasteiger partial charge in [-0.3, -0.25) is 9.10 Å². The van der Waals surface area contributed by atoms with Crippen LogP contribution in [0.4, 0.5) is 15.2 Å². The Kier molecular flexibility index (Phi) is 5.65. The number of carbonyl (C=O) groups excluding carboxylic acids is 1. The van der Waals surface area contributed by atoms with Crippen molar-refractivity contribution in [2.24, 2.45) is 0 Å². The van der Waals surface area contributed by atoms with Crippen molar-refractivity contribution in [1.82, 2.24) is 9.88 Å². The Balaban J connectivity index is 1.13. The summed E-state index contributed by atoms with van der Waals surface area (Å²) in [5.41, 5.74) is 2.56. The average Bonchev–Trinajstić information content (AvgIpc) is 3.54. The van der Waals surface area contributed by atoms with Crippen LogP contribution in [0.25, 0.3) is 10.2 Å². The van der Waals surface area contributed by atoms with Crippen molar-refractivity contribution >= 4 is 48.3 Å². The van der Waals surface area contributed by atoms with Crippen LogP contribution in [-0.4, -0.2) is 56.9 Å². The quantitative estimate of drug-likeness (QED) is 0.403. The maximum Gasteiger partial charge on any atom is 0.264 e. The number of aromatic nitrogens is 1. The van der Waals surface area contributed by atoms with E-state index in [1.54, 1.807) is 23.1 Å². The van der Waals surface area contributed by atoms with E-state index in [0.29, 0.717) is 55.9 Å². The maximum atomic E-state index is 14.0. The molecule has 2 aliphatic rings. The van der Waals surface area contributed by atoms with Crippen LogP contribution in [0.15, 0.2) is 71.6 Å². The van der Waals surface area contributed by atoms with E-state index in [9.17, 15) is 17.6 Å². The number of hydrogen-bond acceptors (Lipinski definition) is 6. The van der Waals surface area contributed by atoms with Crippen molar-refractivity contribution in [1.29, 1.82) is 0 Å². The number of rotatable bonds is 4. The Morgan fingerprint density at radius 3 is 2.39 bits per heavy atom. The van der Waals surface area contributed by atoms with Gasteiger partial charge in [0.05, 0.1) is 15.3 Å². The van der Waals surface area contributed by atoms with Gasteiger partial charge in [-0.05, 0) is 54.4 Å². The van der Waals surface area contributed by atoms with E-state index in [1.165, 1.54) is 33.8 Å². The molecule has 3 heterocycles. The number of fused-ring (bicyclic) bond motifs is 2. The lowest BCUT2D eigenvalue weighted by molar-refractivity contribution is 0.0746. The molecule has 10 heteroatoms. The second-order valence-electron chi connectivity index (χ2n) is 8.84. The molecule has 36 heavy (non-hydrogen) atoms. The highest BCUT2D eigenvalue weighted by atomic mass is 32.2. The maximum absolute atomic E-state index is 14.0. The molecule has 0 aliphatic carbocycles. The molecule has 0 radical (unpaired) electrons. The van der Waals surface area contributed by atoms with Crippen molar-refractivity contribution in [2.75, 3.05) is 41.9 Å². The first kappa shape index (κ1) is 22.9. The summed E-state index contributed by atoms with van der Waals surface area (Å²) < 4.78 is 42.7. The summed E-state index contributed by atoms with van der Waals surface area (Å²) in [6.45, 7) is 2.60. The summed E-state index contributed by atoms with van der Waals surface area (Å²) in [6, 6.07) is 18.6. The van der Waals surface area contributed by atoms with Gasteiger partial charge in [0.15, 0.2) is 5.13 Å². The minimum absolute atomic E-state index is 0.138. The Hall–Kier alpha value is -3.50. The zero-order valence-electron chi connectivity index (χ0n) is 19.3. The number of nitrogens with zero attached hydrogens (tertiary/aromatic N) is 4. The first-order valence-corrected chi connectivity index (χ1v) is 14.0. The summed E-state index contributed by atoms with van der Waals surface area (Å²) in [5, 5.41) is 0.750. The Morgan fingerprint density at radius 2 is 1.64 bits per heavy atom. The van der Waals surface area contributed by atoms with Crippen LogP contribution in [-0.2, 0) is 16.4 Å². The third-order valence-electron chi connectivity index (χ3n) is 6.73. The number of benzene rings is 3. The first-order valence-electron chi connectivity index (χ1n) is 11.7. The van der Waals surface area contributed by atoms with Gasteiger partial charge < -0.3 is 9.80 Å². The Bertz CT molecular complexity index is 1560. The second-order valence-corrected chi connectivity index (χ2v) is 11.7. The molecule has 4 aromatic rings. The third-order valence-corrected chi connectivity index (χ3v) is 9.64. The summed E-state index contributed by atoms with van der Waals surface area (Å²) >= 11 is 1.44. The Morgan fingerprint density at radius 1 is 0.889 bits per heavy atom. The van der Waals surface area contributed by atoms with Crippen LogP contribution in [0.1, 0.15) is 15.9 Å². The number of halogens is 1. The first-order chi connectivity index (χ1) is 17.4. The molecule has 2 aliphatic heterocycles. The molecule has 0 saturated carbocycles. The number of hydrogen-bond donors (Lipinski definition) is 0. The molecule has 1 aromatic heterocycles. The van der Waals surface area contributed by atoms with E-state index in [0.717, 1.165) is 15.4 Å². The van der Waals surface area contributed by atoms with Gasteiger partial charge in [-0.25, -0.2) is 17.8 Å². The highest BCUT2D eigenvalue weighted by Gasteiger charge is 2.31. The molecule has 0 bridgehead atoms. The van der Waals surface area contributed by atoms with E-state index in [4.69, 9.17) is 0 Å². The van der Waals surface area contributed by atoms with Gasteiger partial charge >= 0.3 is 0 Å². The second kappa shape index (κ2) is 8.86. The van der Waals surface area contributed by atoms with Crippen LogP contribution in [0.2, 0.25) is 0 Å². The molecule has 0 spiro atoms. The molecule has 3 aromatic carbocycles. The molecular weight excluding hydrogens is 499 g/mol. The lowest BCUT2D eigenvalue weighted by atomic mass is 10.2. The number of amides is 1. The van der Waals surface area contributed by atoms with E-state index in [2.05, 4.69) is 9.88 Å². The van der Waals surface area contributed by atoms with Crippen molar-refractivity contribution in [3.05, 3.63) is 83.7 Å². The van der Waals surface area contributed by atoms with Crippen LogP contribution < -0.4 is 9.21 Å². The van der Waals surface area contributed by atoms with Crippen LogP contribution in [0, 0.1) is 5.82 Å². The monoisotopic (exact) mass is 522 g/mol. The molecule has 6 rings (SSSR count). The third kappa shape index (κ3) is 3.90. The summed E-state index contributed by atoms with van der Waals surface area (Å²) in [7, 11) is -3.70. The molecule has 0 unspecified atom stereocenters. The lowest BCUT2D eigenvalue weighted by Gasteiger charge is -2.34.